The van der Waals surface area contributed by atoms with Crippen molar-refractivity contribution in [2.45, 2.75) is 44.1 Å². The first-order valence-corrected chi connectivity index (χ1v) is 11.1. The van der Waals surface area contributed by atoms with E-state index < -0.39 is 17.1 Å². The van der Waals surface area contributed by atoms with Gasteiger partial charge in [-0.15, -0.1) is 0 Å². The largest absolute Gasteiger partial charge is 0.497 e. The molecule has 1 N–H and O–H groups in total. The van der Waals surface area contributed by atoms with Crippen molar-refractivity contribution in [2.24, 2.45) is 0 Å². The van der Waals surface area contributed by atoms with Gasteiger partial charge in [-0.2, -0.15) is 5.10 Å². The van der Waals surface area contributed by atoms with E-state index in [1.54, 1.807) is 40.0 Å². The molecule has 0 unspecified atom stereocenters. The summed E-state index contributed by atoms with van der Waals surface area (Å²) in [6.45, 7) is 5.36. The molecule has 3 aromatic rings. The van der Waals surface area contributed by atoms with Gasteiger partial charge in [0.25, 0.3) is 0 Å². The molecule has 2 heterocycles. The van der Waals surface area contributed by atoms with Gasteiger partial charge < -0.3 is 9.47 Å². The number of halogens is 1. The first kappa shape index (κ1) is 20.3. The van der Waals surface area contributed by atoms with Gasteiger partial charge in [0, 0.05) is 11.3 Å². The molecular weight excluding hydrogens is 509 g/mol. The predicted octanol–water partition coefficient (Wildman–Crippen LogP) is 4.88. The molecule has 1 aromatic heterocycles. The molecule has 8 heteroatoms. The Hall–Kier alpha value is -2.62. The summed E-state index contributed by atoms with van der Waals surface area (Å²) in [6, 6.07) is 11.5. The minimum atomic E-state index is -0.794. The lowest BCUT2D eigenvalue weighted by molar-refractivity contribution is -0.120. The van der Waals surface area contributed by atoms with Gasteiger partial charge >= 0.3 is 6.09 Å². The minimum Gasteiger partial charge on any atom is -0.497 e. The molecule has 0 radical (unpaired) electrons. The fourth-order valence-electron chi connectivity index (χ4n) is 4.52. The van der Waals surface area contributed by atoms with Crippen LogP contribution in [0.5, 0.6) is 5.75 Å². The van der Waals surface area contributed by atoms with E-state index in [-0.39, 0.29) is 11.8 Å². The Balaban J connectivity index is 1.59. The Morgan fingerprint density at radius 1 is 1.26 bits per heavy atom. The lowest BCUT2D eigenvalue weighted by Crippen LogP contribution is -2.41. The number of carbonyl (C=O) groups excluding carboxylic acids is 2. The molecule has 2 atom stereocenters. The number of fused-ring (bicyclic) bond motifs is 3. The van der Waals surface area contributed by atoms with E-state index >= 15 is 0 Å². The second-order valence-corrected chi connectivity index (χ2v) is 10.1. The molecule has 2 aromatic carbocycles. The SMILES string of the molecule is COc1ccc2c(c1)[C@]1(C[C@H]1c1ccc3c(I)[nH]nc3c1)C(=O)N2C(=O)OC(C)(C)C. The van der Waals surface area contributed by atoms with E-state index in [0.29, 0.717) is 17.9 Å². The molecule has 31 heavy (non-hydrogen) atoms. The van der Waals surface area contributed by atoms with Gasteiger partial charge in [-0.05, 0) is 91.2 Å². The van der Waals surface area contributed by atoms with E-state index in [4.69, 9.17) is 9.47 Å². The number of H-pyrrole nitrogens is 1. The topological polar surface area (TPSA) is 84.5 Å². The van der Waals surface area contributed by atoms with Gasteiger partial charge in [0.2, 0.25) is 5.91 Å². The van der Waals surface area contributed by atoms with Crippen LogP contribution in [0.1, 0.15) is 44.2 Å². The quantitative estimate of drug-likeness (QED) is 0.477. The number of aromatic nitrogens is 2. The summed E-state index contributed by atoms with van der Waals surface area (Å²) in [6.07, 6.45) is -0.0260. The fourth-order valence-corrected chi connectivity index (χ4v) is 5.10. The number of hydrogen-bond donors (Lipinski definition) is 1. The highest BCUT2D eigenvalue weighted by atomic mass is 127. The molecule has 2 aliphatic rings. The molecular formula is C23H22IN3O4. The highest BCUT2D eigenvalue weighted by Gasteiger charge is 2.68. The summed E-state index contributed by atoms with van der Waals surface area (Å²) in [5.74, 6) is 0.365. The van der Waals surface area contributed by atoms with E-state index in [1.165, 1.54) is 4.90 Å². The second-order valence-electron chi connectivity index (χ2n) is 9.05. The standard InChI is InChI=1S/C23H22IN3O4/c1-22(2,3)31-21(29)27-18-8-6-13(30-4)10-15(18)23(20(27)28)11-16(23)12-5-7-14-17(9-12)25-26-19(14)24/h5-10,16H,11H2,1-4H3,(H,25,26)/t16-,23-/m0/s1. The molecule has 0 saturated heterocycles. The highest BCUT2D eigenvalue weighted by Crippen LogP contribution is 2.67. The summed E-state index contributed by atoms with van der Waals surface area (Å²) in [5, 5.41) is 8.40. The van der Waals surface area contributed by atoms with Crippen LogP contribution in [-0.4, -0.2) is 34.9 Å². The predicted molar refractivity (Wildman–Crippen MR) is 125 cm³/mol. The first-order valence-electron chi connectivity index (χ1n) is 10.1. The number of nitrogens with zero attached hydrogens (tertiary/aromatic N) is 2. The number of rotatable bonds is 2. The molecule has 1 aliphatic heterocycles. The molecule has 5 rings (SSSR count). The Morgan fingerprint density at radius 3 is 2.74 bits per heavy atom. The minimum absolute atomic E-state index is 0.0444. The van der Waals surface area contributed by atoms with Crippen molar-refractivity contribution in [3.8, 4) is 5.75 Å². The average molecular weight is 531 g/mol. The van der Waals surface area contributed by atoms with E-state index in [2.05, 4.69) is 32.8 Å². The normalized spacial score (nSPS) is 22.2. The van der Waals surface area contributed by atoms with Crippen molar-refractivity contribution in [3.05, 3.63) is 51.2 Å². The molecule has 1 spiro atoms. The molecule has 0 bridgehead atoms. The summed E-state index contributed by atoms with van der Waals surface area (Å²) in [7, 11) is 1.59. The maximum atomic E-state index is 13.7. The third kappa shape index (κ3) is 3.02. The van der Waals surface area contributed by atoms with Gasteiger partial charge in [-0.1, -0.05) is 6.07 Å². The zero-order valence-electron chi connectivity index (χ0n) is 17.7. The fraction of sp³-hybridized carbons (Fsp3) is 0.348. The highest BCUT2D eigenvalue weighted by molar-refractivity contribution is 14.1. The summed E-state index contributed by atoms with van der Waals surface area (Å²) >= 11 is 2.22. The lowest BCUT2D eigenvalue weighted by atomic mass is 9.91. The summed E-state index contributed by atoms with van der Waals surface area (Å²) < 4.78 is 11.9. The number of methoxy groups -OCH3 is 1. The van der Waals surface area contributed by atoms with Crippen LogP contribution in [-0.2, 0) is 14.9 Å². The number of imide groups is 1. The van der Waals surface area contributed by atoms with Crippen LogP contribution < -0.4 is 9.64 Å². The van der Waals surface area contributed by atoms with Gasteiger partial charge in [0.1, 0.15) is 15.1 Å². The number of nitrogens with one attached hydrogen (secondary N) is 1. The van der Waals surface area contributed by atoms with Gasteiger partial charge in [-0.25, -0.2) is 9.69 Å². The van der Waals surface area contributed by atoms with Crippen LogP contribution in [0.4, 0.5) is 10.5 Å². The van der Waals surface area contributed by atoms with Gasteiger partial charge in [-0.3, -0.25) is 9.89 Å². The monoisotopic (exact) mass is 531 g/mol. The molecule has 1 fully saturated rings. The molecule has 160 valence electrons. The van der Waals surface area contributed by atoms with Crippen LogP contribution in [0.15, 0.2) is 36.4 Å². The number of amides is 2. The molecule has 2 amide bonds. The van der Waals surface area contributed by atoms with Crippen molar-refractivity contribution >= 4 is 51.2 Å². The first-order chi connectivity index (χ1) is 14.7. The Kier molecular flexibility index (Phi) is 4.38. The van der Waals surface area contributed by atoms with E-state index in [1.807, 2.05) is 24.3 Å². The van der Waals surface area contributed by atoms with Gasteiger partial charge in [0.05, 0.1) is 23.7 Å². The van der Waals surface area contributed by atoms with Gasteiger partial charge in [0.15, 0.2) is 0 Å². The van der Waals surface area contributed by atoms with Crippen molar-refractivity contribution < 1.29 is 19.1 Å². The zero-order valence-corrected chi connectivity index (χ0v) is 19.8. The number of ether oxygens (including phenoxy) is 2. The molecule has 7 nitrogen and oxygen atoms in total. The van der Waals surface area contributed by atoms with E-state index in [0.717, 1.165) is 25.7 Å². The Bertz CT molecular complexity index is 1250. The maximum Gasteiger partial charge on any atom is 0.421 e. The maximum absolute atomic E-state index is 13.7. The van der Waals surface area contributed by atoms with Crippen molar-refractivity contribution in [2.75, 3.05) is 12.0 Å². The van der Waals surface area contributed by atoms with Crippen LogP contribution in [0.3, 0.4) is 0 Å². The summed E-state index contributed by atoms with van der Waals surface area (Å²) in [5.41, 5.74) is 1.78. The summed E-state index contributed by atoms with van der Waals surface area (Å²) in [4.78, 5) is 27.8. The number of aromatic amines is 1. The third-order valence-corrected chi connectivity index (χ3v) is 6.80. The molecule has 1 saturated carbocycles. The van der Waals surface area contributed by atoms with Crippen LogP contribution in [0.2, 0.25) is 0 Å². The Labute approximate surface area is 193 Å². The smallest absolute Gasteiger partial charge is 0.421 e. The second kappa shape index (κ2) is 6.69. The van der Waals surface area contributed by atoms with E-state index in [9.17, 15) is 9.59 Å². The zero-order chi connectivity index (χ0) is 22.1. The number of anilines is 1. The number of benzene rings is 2. The van der Waals surface area contributed by atoms with Crippen LogP contribution in [0, 0.1) is 3.70 Å². The average Bonchev–Trinajstić information content (AvgIpc) is 3.30. The van der Waals surface area contributed by atoms with Crippen molar-refractivity contribution in [3.63, 3.8) is 0 Å². The van der Waals surface area contributed by atoms with Crippen molar-refractivity contribution in [1.82, 2.24) is 10.2 Å². The van der Waals surface area contributed by atoms with Crippen molar-refractivity contribution in [1.29, 1.82) is 0 Å². The third-order valence-electron chi connectivity index (χ3n) is 5.98. The number of hydrogen-bond acceptors (Lipinski definition) is 5. The molecule has 1 aliphatic carbocycles. The number of carbonyl (C=O) groups is 2. The Morgan fingerprint density at radius 2 is 2.03 bits per heavy atom. The van der Waals surface area contributed by atoms with Crippen LogP contribution >= 0.6 is 22.6 Å². The van der Waals surface area contributed by atoms with Crippen LogP contribution in [0.25, 0.3) is 10.9 Å². The lowest BCUT2D eigenvalue weighted by Gasteiger charge is -2.24.